The van der Waals surface area contributed by atoms with Gasteiger partial charge in [-0.2, -0.15) is 0 Å². The van der Waals surface area contributed by atoms with Crippen molar-refractivity contribution in [2.24, 2.45) is 12.8 Å². The minimum atomic E-state index is -0.0233. The maximum atomic E-state index is 6.08. The van der Waals surface area contributed by atoms with Crippen LogP contribution >= 0.6 is 15.9 Å². The average molecular weight is 284 g/mol. The van der Waals surface area contributed by atoms with E-state index in [4.69, 9.17) is 10.2 Å². The van der Waals surface area contributed by atoms with E-state index in [0.29, 0.717) is 0 Å². The third-order valence-electron chi connectivity index (χ3n) is 2.65. The van der Waals surface area contributed by atoms with Crippen LogP contribution in [0.15, 0.2) is 33.8 Å². The number of nitrogens with zero attached hydrogens (tertiary/aromatic N) is 2. The molecule has 0 aliphatic carbocycles. The summed E-state index contributed by atoms with van der Waals surface area (Å²) in [6.07, 6.45) is 7.09. The molecule has 0 saturated carbocycles. The number of hydrogen-bond donors (Lipinski definition) is 1. The second-order valence-electron chi connectivity index (χ2n) is 3.75. The van der Waals surface area contributed by atoms with Crippen molar-refractivity contribution in [1.82, 2.24) is 9.55 Å². The Morgan fingerprint density at radius 3 is 3.00 bits per heavy atom. The Balaban J connectivity index is 1.97. The Hall–Kier alpha value is -1.07. The highest BCUT2D eigenvalue weighted by molar-refractivity contribution is 9.10. The Morgan fingerprint density at radius 1 is 1.62 bits per heavy atom. The quantitative estimate of drug-likeness (QED) is 0.938. The zero-order chi connectivity index (χ0) is 11.5. The average Bonchev–Trinajstić information content (AvgIpc) is 2.84. The van der Waals surface area contributed by atoms with Gasteiger partial charge in [-0.05, 0) is 28.4 Å². The van der Waals surface area contributed by atoms with Crippen molar-refractivity contribution in [2.45, 2.75) is 18.9 Å². The summed E-state index contributed by atoms with van der Waals surface area (Å²) in [5.41, 5.74) is 7.09. The van der Waals surface area contributed by atoms with E-state index in [2.05, 4.69) is 20.9 Å². The van der Waals surface area contributed by atoms with Crippen LogP contribution < -0.4 is 5.73 Å². The molecule has 2 heterocycles. The maximum absolute atomic E-state index is 6.08. The molecule has 0 aromatic carbocycles. The molecule has 2 aromatic heterocycles. The molecule has 0 fully saturated rings. The Bertz CT molecular complexity index is 463. The summed E-state index contributed by atoms with van der Waals surface area (Å²) < 4.78 is 7.90. The fourth-order valence-electron chi connectivity index (χ4n) is 1.65. The summed E-state index contributed by atoms with van der Waals surface area (Å²) in [5.74, 6) is 1.05. The zero-order valence-electron chi connectivity index (χ0n) is 9.06. The van der Waals surface area contributed by atoms with Crippen LogP contribution in [0, 0.1) is 0 Å². The third kappa shape index (κ3) is 2.36. The van der Waals surface area contributed by atoms with E-state index in [1.165, 1.54) is 0 Å². The number of imidazole rings is 1. The predicted octanol–water partition coefficient (Wildman–Crippen LogP) is 2.41. The smallest absolute Gasteiger partial charge is 0.173 e. The van der Waals surface area contributed by atoms with E-state index in [1.807, 2.05) is 23.9 Å². The van der Waals surface area contributed by atoms with Crippen molar-refractivity contribution in [3.63, 3.8) is 0 Å². The monoisotopic (exact) mass is 283 g/mol. The first kappa shape index (κ1) is 11.4. The number of hydrogen-bond acceptors (Lipinski definition) is 3. The van der Waals surface area contributed by atoms with E-state index >= 15 is 0 Å². The molecule has 1 atom stereocenters. The summed E-state index contributed by atoms with van der Waals surface area (Å²) in [5, 5.41) is 0. The third-order valence-corrected chi connectivity index (χ3v) is 3.29. The molecule has 0 bridgehead atoms. The Kier molecular flexibility index (Phi) is 3.46. The summed E-state index contributed by atoms with van der Waals surface area (Å²) in [6.45, 7) is 0. The predicted molar refractivity (Wildman–Crippen MR) is 64.9 cm³/mol. The van der Waals surface area contributed by atoms with Gasteiger partial charge in [0, 0.05) is 37.5 Å². The van der Waals surface area contributed by atoms with Gasteiger partial charge in [0.1, 0.15) is 5.82 Å². The number of nitrogens with two attached hydrogens (primary N) is 1. The van der Waals surface area contributed by atoms with E-state index in [0.717, 1.165) is 28.9 Å². The fourth-order valence-corrected chi connectivity index (χ4v) is 2.18. The molecule has 0 amide bonds. The number of aromatic nitrogens is 2. The molecule has 0 aliphatic heterocycles. The van der Waals surface area contributed by atoms with Gasteiger partial charge in [0.2, 0.25) is 0 Å². The Morgan fingerprint density at radius 2 is 2.44 bits per heavy atom. The van der Waals surface area contributed by atoms with Gasteiger partial charge in [-0.25, -0.2) is 4.98 Å². The first-order valence-corrected chi connectivity index (χ1v) is 5.92. The van der Waals surface area contributed by atoms with Gasteiger partial charge in [0.15, 0.2) is 4.67 Å². The topological polar surface area (TPSA) is 57.0 Å². The van der Waals surface area contributed by atoms with Crippen LogP contribution in [0.25, 0.3) is 0 Å². The lowest BCUT2D eigenvalue weighted by atomic mass is 10.1. The highest BCUT2D eigenvalue weighted by atomic mass is 79.9. The van der Waals surface area contributed by atoms with Gasteiger partial charge in [-0.1, -0.05) is 0 Å². The van der Waals surface area contributed by atoms with Crippen molar-refractivity contribution >= 4 is 15.9 Å². The molecule has 86 valence electrons. The van der Waals surface area contributed by atoms with E-state index in [9.17, 15) is 0 Å². The van der Waals surface area contributed by atoms with Gasteiger partial charge in [0.05, 0.1) is 6.26 Å². The van der Waals surface area contributed by atoms with Crippen LogP contribution in [0.4, 0.5) is 0 Å². The molecule has 1 unspecified atom stereocenters. The highest BCUT2D eigenvalue weighted by Crippen LogP contribution is 2.25. The number of halogens is 1. The summed E-state index contributed by atoms with van der Waals surface area (Å²) in [6, 6.07) is 1.87. The molecular weight excluding hydrogens is 270 g/mol. The van der Waals surface area contributed by atoms with Crippen LogP contribution in [0.3, 0.4) is 0 Å². The van der Waals surface area contributed by atoms with Gasteiger partial charge < -0.3 is 14.7 Å². The Labute approximate surface area is 103 Å². The van der Waals surface area contributed by atoms with Crippen LogP contribution in [-0.4, -0.2) is 9.55 Å². The normalized spacial score (nSPS) is 12.9. The van der Waals surface area contributed by atoms with Crippen molar-refractivity contribution < 1.29 is 4.42 Å². The van der Waals surface area contributed by atoms with Gasteiger partial charge in [-0.3, -0.25) is 0 Å². The number of rotatable bonds is 4. The summed E-state index contributed by atoms with van der Waals surface area (Å²) in [7, 11) is 1.99. The van der Waals surface area contributed by atoms with Gasteiger partial charge in [-0.15, -0.1) is 0 Å². The second-order valence-corrected chi connectivity index (χ2v) is 4.47. The zero-order valence-corrected chi connectivity index (χ0v) is 10.6. The van der Waals surface area contributed by atoms with Crippen molar-refractivity contribution in [1.29, 1.82) is 0 Å². The maximum Gasteiger partial charge on any atom is 0.173 e. The molecule has 0 aliphatic rings. The second kappa shape index (κ2) is 4.84. The standard InChI is InChI=1S/C11H14BrN3O/c1-15-6-5-14-10(15)3-2-9(13)8-4-7-16-11(8)12/h4-7,9H,2-3,13H2,1H3. The summed E-state index contributed by atoms with van der Waals surface area (Å²) >= 11 is 3.33. The van der Waals surface area contributed by atoms with Gasteiger partial charge >= 0.3 is 0 Å². The fraction of sp³-hybridized carbons (Fsp3) is 0.364. The molecule has 4 nitrogen and oxygen atoms in total. The molecule has 2 N–H and O–H groups in total. The SMILES string of the molecule is Cn1ccnc1CCC(N)c1ccoc1Br. The van der Waals surface area contributed by atoms with E-state index < -0.39 is 0 Å². The number of furan rings is 1. The molecular formula is C11H14BrN3O. The lowest BCUT2D eigenvalue weighted by molar-refractivity contribution is 0.526. The molecule has 2 aromatic rings. The van der Waals surface area contributed by atoms with Crippen LogP contribution in [0.1, 0.15) is 23.9 Å². The minimum Gasteiger partial charge on any atom is -0.457 e. The molecule has 0 saturated heterocycles. The minimum absolute atomic E-state index is 0.0233. The largest absolute Gasteiger partial charge is 0.457 e. The van der Waals surface area contributed by atoms with Crippen LogP contribution in [-0.2, 0) is 13.5 Å². The molecule has 5 heteroatoms. The van der Waals surface area contributed by atoms with Crippen molar-refractivity contribution in [2.75, 3.05) is 0 Å². The first-order chi connectivity index (χ1) is 7.68. The number of aryl methyl sites for hydroxylation is 2. The van der Waals surface area contributed by atoms with Crippen molar-refractivity contribution in [3.8, 4) is 0 Å². The van der Waals surface area contributed by atoms with Crippen LogP contribution in [0.2, 0.25) is 0 Å². The lowest BCUT2D eigenvalue weighted by Crippen LogP contribution is -2.12. The van der Waals surface area contributed by atoms with Crippen LogP contribution in [0.5, 0.6) is 0 Å². The molecule has 2 rings (SSSR count). The summed E-state index contributed by atoms with van der Waals surface area (Å²) in [4.78, 5) is 4.26. The molecule has 0 spiro atoms. The molecule has 16 heavy (non-hydrogen) atoms. The highest BCUT2D eigenvalue weighted by Gasteiger charge is 2.13. The first-order valence-electron chi connectivity index (χ1n) is 5.13. The van der Waals surface area contributed by atoms with E-state index in [-0.39, 0.29) is 6.04 Å². The van der Waals surface area contributed by atoms with Crippen molar-refractivity contribution in [3.05, 3.63) is 40.8 Å². The van der Waals surface area contributed by atoms with E-state index in [1.54, 1.807) is 12.5 Å². The molecule has 0 radical (unpaired) electrons. The van der Waals surface area contributed by atoms with Gasteiger partial charge in [0.25, 0.3) is 0 Å². The lowest BCUT2D eigenvalue weighted by Gasteiger charge is -2.09.